The summed E-state index contributed by atoms with van der Waals surface area (Å²) in [5, 5.41) is 0.330. The van der Waals surface area contributed by atoms with Crippen molar-refractivity contribution < 1.29 is 0 Å². The molecule has 2 rings (SSSR count). The molecule has 0 aromatic carbocycles. The lowest BCUT2D eigenvalue weighted by molar-refractivity contribution is 0.233. The van der Waals surface area contributed by atoms with Gasteiger partial charge < -0.3 is 15.5 Å². The van der Waals surface area contributed by atoms with E-state index < -0.39 is 0 Å². The lowest BCUT2D eigenvalue weighted by Gasteiger charge is -2.38. The van der Waals surface area contributed by atoms with E-state index in [-0.39, 0.29) is 0 Å². The summed E-state index contributed by atoms with van der Waals surface area (Å²) < 4.78 is 0. The average molecular weight is 242 g/mol. The number of hydrogen-bond acceptors (Lipinski definition) is 5. The van der Waals surface area contributed by atoms with Gasteiger partial charge >= 0.3 is 0 Å². The summed E-state index contributed by atoms with van der Waals surface area (Å²) in [6, 6.07) is 0.488. The van der Waals surface area contributed by atoms with Gasteiger partial charge in [-0.25, -0.2) is 9.97 Å². The molecule has 1 atom stereocenters. The predicted octanol–water partition coefficient (Wildman–Crippen LogP) is 0.853. The van der Waals surface area contributed by atoms with Crippen molar-refractivity contribution in [3.8, 4) is 0 Å². The highest BCUT2D eigenvalue weighted by atomic mass is 35.5. The van der Waals surface area contributed by atoms with E-state index in [1.165, 1.54) is 6.33 Å². The van der Waals surface area contributed by atoms with E-state index in [2.05, 4.69) is 33.7 Å². The number of aromatic nitrogens is 2. The Bertz CT molecular complexity index is 383. The van der Waals surface area contributed by atoms with Gasteiger partial charge in [-0.05, 0) is 14.0 Å². The molecular weight excluding hydrogens is 226 g/mol. The molecule has 1 aromatic rings. The summed E-state index contributed by atoms with van der Waals surface area (Å²) in [7, 11) is 2.12. The molecule has 0 bridgehead atoms. The van der Waals surface area contributed by atoms with Crippen LogP contribution in [0.4, 0.5) is 11.5 Å². The number of nitrogens with two attached hydrogens (primary N) is 1. The fraction of sp³-hybridized carbons (Fsp3) is 0.600. The summed E-state index contributed by atoms with van der Waals surface area (Å²) in [6.07, 6.45) is 1.46. The summed E-state index contributed by atoms with van der Waals surface area (Å²) in [4.78, 5) is 12.5. The van der Waals surface area contributed by atoms with Crippen LogP contribution in [0, 0.1) is 0 Å². The number of piperazine rings is 1. The van der Waals surface area contributed by atoms with Crippen LogP contribution in [0.15, 0.2) is 6.33 Å². The van der Waals surface area contributed by atoms with E-state index in [0.717, 1.165) is 25.5 Å². The van der Waals surface area contributed by atoms with Gasteiger partial charge in [-0.3, -0.25) is 0 Å². The second-order valence-electron chi connectivity index (χ2n) is 4.18. The Labute approximate surface area is 100 Å². The largest absolute Gasteiger partial charge is 0.393 e. The molecule has 6 heteroatoms. The zero-order valence-electron chi connectivity index (χ0n) is 9.52. The van der Waals surface area contributed by atoms with Gasteiger partial charge in [-0.2, -0.15) is 0 Å². The highest BCUT2D eigenvalue weighted by Gasteiger charge is 2.23. The number of halogens is 1. The number of anilines is 2. The van der Waals surface area contributed by atoms with Gasteiger partial charge in [0.15, 0.2) is 11.0 Å². The molecule has 0 amide bonds. The average Bonchev–Trinajstić information content (AvgIpc) is 2.26. The summed E-state index contributed by atoms with van der Waals surface area (Å²) >= 11 is 5.88. The summed E-state index contributed by atoms with van der Waals surface area (Å²) in [6.45, 7) is 5.01. The van der Waals surface area contributed by atoms with E-state index in [9.17, 15) is 0 Å². The topological polar surface area (TPSA) is 58.3 Å². The molecule has 1 aliphatic rings. The molecular formula is C10H16ClN5. The van der Waals surface area contributed by atoms with Gasteiger partial charge in [0.25, 0.3) is 0 Å². The zero-order valence-corrected chi connectivity index (χ0v) is 10.3. The minimum atomic E-state index is 0.330. The van der Waals surface area contributed by atoms with Crippen LogP contribution < -0.4 is 10.6 Å². The first-order valence-corrected chi connectivity index (χ1v) is 5.68. The summed E-state index contributed by atoms with van der Waals surface area (Å²) in [5.41, 5.74) is 6.35. The van der Waals surface area contributed by atoms with Crippen molar-refractivity contribution in [3.05, 3.63) is 11.5 Å². The molecule has 0 radical (unpaired) electrons. The predicted molar refractivity (Wildman–Crippen MR) is 65.8 cm³/mol. The minimum absolute atomic E-state index is 0.330. The normalized spacial score (nSPS) is 22.4. The second-order valence-corrected chi connectivity index (χ2v) is 4.54. The number of nitrogens with zero attached hydrogens (tertiary/aromatic N) is 4. The fourth-order valence-corrected chi connectivity index (χ4v) is 1.99. The molecule has 1 aromatic heterocycles. The number of rotatable bonds is 1. The number of likely N-dealkylation sites (N-methyl/N-ethyl adjacent to an activating group) is 1. The lowest BCUT2D eigenvalue weighted by Crippen LogP contribution is -2.50. The Hall–Kier alpha value is -1.07. The van der Waals surface area contributed by atoms with Crippen LogP contribution in [0.2, 0.25) is 5.15 Å². The Morgan fingerprint density at radius 2 is 2.19 bits per heavy atom. The lowest BCUT2D eigenvalue weighted by atomic mass is 10.2. The first kappa shape index (κ1) is 11.4. The van der Waals surface area contributed by atoms with E-state index in [1.54, 1.807) is 0 Å². The number of nitrogen functional groups attached to an aromatic ring is 1. The van der Waals surface area contributed by atoms with Crippen LogP contribution in [-0.4, -0.2) is 47.6 Å². The molecule has 1 saturated heterocycles. The highest BCUT2D eigenvalue weighted by Crippen LogP contribution is 2.27. The van der Waals surface area contributed by atoms with Crippen molar-refractivity contribution in [2.45, 2.75) is 13.0 Å². The Morgan fingerprint density at radius 3 is 2.88 bits per heavy atom. The van der Waals surface area contributed by atoms with Crippen LogP contribution in [-0.2, 0) is 0 Å². The standard InChI is InChI=1S/C10H16ClN5/c1-7-5-16(4-3-15(7)2)10-8(12)9(11)13-6-14-10/h6-7H,3-5,12H2,1-2H3. The molecule has 0 saturated carbocycles. The van der Waals surface area contributed by atoms with Gasteiger partial charge in [-0.1, -0.05) is 11.6 Å². The quantitative estimate of drug-likeness (QED) is 0.739. The van der Waals surface area contributed by atoms with Gasteiger partial charge in [0.1, 0.15) is 12.0 Å². The van der Waals surface area contributed by atoms with Gasteiger partial charge in [0, 0.05) is 25.7 Å². The second kappa shape index (κ2) is 4.43. The van der Waals surface area contributed by atoms with Gasteiger partial charge in [-0.15, -0.1) is 0 Å². The third kappa shape index (κ3) is 2.05. The fourth-order valence-electron chi connectivity index (χ4n) is 1.86. The van der Waals surface area contributed by atoms with Crippen molar-refractivity contribution in [3.63, 3.8) is 0 Å². The van der Waals surface area contributed by atoms with Crippen LogP contribution in [0.1, 0.15) is 6.92 Å². The maximum Gasteiger partial charge on any atom is 0.157 e. The first-order chi connectivity index (χ1) is 7.59. The summed E-state index contributed by atoms with van der Waals surface area (Å²) in [5.74, 6) is 0.750. The van der Waals surface area contributed by atoms with E-state index >= 15 is 0 Å². The smallest absolute Gasteiger partial charge is 0.157 e. The minimum Gasteiger partial charge on any atom is -0.393 e. The molecule has 5 nitrogen and oxygen atoms in total. The number of hydrogen-bond donors (Lipinski definition) is 1. The molecule has 0 spiro atoms. The molecule has 2 N–H and O–H groups in total. The molecule has 1 unspecified atom stereocenters. The Balaban J connectivity index is 2.22. The van der Waals surface area contributed by atoms with Crippen molar-refractivity contribution in [1.29, 1.82) is 0 Å². The van der Waals surface area contributed by atoms with Gasteiger partial charge in [0.2, 0.25) is 0 Å². The maximum absolute atomic E-state index is 5.88. The first-order valence-electron chi connectivity index (χ1n) is 5.30. The zero-order chi connectivity index (χ0) is 11.7. The Morgan fingerprint density at radius 1 is 1.44 bits per heavy atom. The van der Waals surface area contributed by atoms with E-state index in [4.69, 9.17) is 17.3 Å². The van der Waals surface area contributed by atoms with Crippen LogP contribution in [0.25, 0.3) is 0 Å². The molecule has 16 heavy (non-hydrogen) atoms. The van der Waals surface area contributed by atoms with Crippen molar-refractivity contribution in [2.75, 3.05) is 37.3 Å². The third-order valence-electron chi connectivity index (χ3n) is 3.07. The monoisotopic (exact) mass is 241 g/mol. The molecule has 0 aliphatic carbocycles. The van der Waals surface area contributed by atoms with Crippen LogP contribution >= 0.6 is 11.6 Å². The van der Waals surface area contributed by atoms with Crippen LogP contribution in [0.5, 0.6) is 0 Å². The SMILES string of the molecule is CC1CN(c2ncnc(Cl)c2N)CCN1C. The van der Waals surface area contributed by atoms with Crippen molar-refractivity contribution >= 4 is 23.1 Å². The molecule has 2 heterocycles. The van der Waals surface area contributed by atoms with E-state index in [0.29, 0.717) is 16.9 Å². The maximum atomic E-state index is 5.88. The molecule has 1 fully saturated rings. The van der Waals surface area contributed by atoms with Crippen LogP contribution in [0.3, 0.4) is 0 Å². The molecule has 88 valence electrons. The highest BCUT2D eigenvalue weighted by molar-refractivity contribution is 6.32. The molecule has 1 aliphatic heterocycles. The van der Waals surface area contributed by atoms with E-state index in [1.807, 2.05) is 0 Å². The Kier molecular flexibility index (Phi) is 3.16. The van der Waals surface area contributed by atoms with Crippen molar-refractivity contribution in [2.24, 2.45) is 0 Å². The van der Waals surface area contributed by atoms with Gasteiger partial charge in [0.05, 0.1) is 0 Å². The third-order valence-corrected chi connectivity index (χ3v) is 3.37. The van der Waals surface area contributed by atoms with Crippen molar-refractivity contribution in [1.82, 2.24) is 14.9 Å².